The Morgan fingerprint density at radius 1 is 1.33 bits per heavy atom. The molecule has 0 radical (unpaired) electrons. The number of aromatic nitrogens is 2. The maximum Gasteiger partial charge on any atom is 0.130 e. The predicted octanol–water partition coefficient (Wildman–Crippen LogP) is 2.93. The molecule has 3 nitrogen and oxygen atoms in total. The van der Waals surface area contributed by atoms with Crippen molar-refractivity contribution >= 4 is 0 Å². The lowest BCUT2D eigenvalue weighted by atomic mass is 10.1. The van der Waals surface area contributed by atoms with Crippen molar-refractivity contribution in [3.8, 4) is 0 Å². The van der Waals surface area contributed by atoms with Crippen LogP contribution in [0.5, 0.6) is 0 Å². The van der Waals surface area contributed by atoms with Crippen LogP contribution in [0.1, 0.15) is 30.8 Å². The van der Waals surface area contributed by atoms with Crippen LogP contribution in [0.3, 0.4) is 0 Å². The van der Waals surface area contributed by atoms with Gasteiger partial charge in [0.05, 0.1) is 6.04 Å². The van der Waals surface area contributed by atoms with Crippen molar-refractivity contribution in [3.05, 3.63) is 53.6 Å². The average Bonchev–Trinajstić information content (AvgIpc) is 2.87. The summed E-state index contributed by atoms with van der Waals surface area (Å²) in [4.78, 5) is 7.13. The van der Waals surface area contributed by atoms with Gasteiger partial charge >= 0.3 is 0 Å². The summed E-state index contributed by atoms with van der Waals surface area (Å²) < 4.78 is 26.9. The maximum atomic E-state index is 13.4. The zero-order valence-electron chi connectivity index (χ0n) is 10.1. The fraction of sp³-hybridized carbons (Fsp3) is 0.308. The number of hydrogen-bond donors (Lipinski definition) is 2. The SMILES string of the molecule is CCC(NCc1c(F)cccc1F)c1ncc[nH]1. The van der Waals surface area contributed by atoms with Gasteiger partial charge in [-0.25, -0.2) is 13.8 Å². The van der Waals surface area contributed by atoms with Gasteiger partial charge in [-0.05, 0) is 18.6 Å². The van der Waals surface area contributed by atoms with Gasteiger partial charge in [0.25, 0.3) is 0 Å². The van der Waals surface area contributed by atoms with Crippen molar-refractivity contribution in [3.63, 3.8) is 0 Å². The van der Waals surface area contributed by atoms with E-state index in [4.69, 9.17) is 0 Å². The quantitative estimate of drug-likeness (QED) is 0.857. The van der Waals surface area contributed by atoms with Gasteiger partial charge in [-0.2, -0.15) is 0 Å². The first kappa shape index (κ1) is 12.7. The summed E-state index contributed by atoms with van der Waals surface area (Å²) in [6.45, 7) is 2.12. The highest BCUT2D eigenvalue weighted by Gasteiger charge is 2.14. The van der Waals surface area contributed by atoms with Crippen LogP contribution in [0.25, 0.3) is 0 Å². The fourth-order valence-corrected chi connectivity index (χ4v) is 1.83. The zero-order valence-corrected chi connectivity index (χ0v) is 10.1. The summed E-state index contributed by atoms with van der Waals surface area (Å²) in [5.74, 6) is -0.289. The van der Waals surface area contributed by atoms with E-state index in [1.54, 1.807) is 12.4 Å². The molecule has 2 rings (SSSR count). The second-order valence-electron chi connectivity index (χ2n) is 4.02. The molecule has 0 spiro atoms. The number of imidazole rings is 1. The Morgan fingerprint density at radius 3 is 2.61 bits per heavy atom. The summed E-state index contributed by atoms with van der Waals surface area (Å²) in [6.07, 6.45) is 4.16. The molecule has 0 aliphatic heterocycles. The van der Waals surface area contributed by atoms with Gasteiger partial charge in [0.15, 0.2) is 0 Å². The number of nitrogens with zero attached hydrogens (tertiary/aromatic N) is 1. The highest BCUT2D eigenvalue weighted by Crippen LogP contribution is 2.16. The van der Waals surface area contributed by atoms with E-state index in [0.29, 0.717) is 0 Å². The van der Waals surface area contributed by atoms with E-state index in [0.717, 1.165) is 12.2 Å². The van der Waals surface area contributed by atoms with Crippen LogP contribution >= 0.6 is 0 Å². The third-order valence-electron chi connectivity index (χ3n) is 2.84. The largest absolute Gasteiger partial charge is 0.347 e. The first-order chi connectivity index (χ1) is 8.72. The van der Waals surface area contributed by atoms with Gasteiger partial charge in [-0.3, -0.25) is 0 Å². The Labute approximate surface area is 104 Å². The van der Waals surface area contributed by atoms with Gasteiger partial charge in [0, 0.05) is 24.5 Å². The number of rotatable bonds is 5. The van der Waals surface area contributed by atoms with Gasteiger partial charge in [0.2, 0.25) is 0 Å². The Balaban J connectivity index is 2.06. The second kappa shape index (κ2) is 5.73. The maximum absolute atomic E-state index is 13.4. The van der Waals surface area contributed by atoms with Crippen molar-refractivity contribution in [1.82, 2.24) is 15.3 Å². The van der Waals surface area contributed by atoms with Crippen LogP contribution < -0.4 is 5.32 Å². The minimum atomic E-state index is -0.531. The molecule has 0 fully saturated rings. The first-order valence-corrected chi connectivity index (χ1v) is 5.88. The fourth-order valence-electron chi connectivity index (χ4n) is 1.83. The lowest BCUT2D eigenvalue weighted by molar-refractivity contribution is 0.470. The highest BCUT2D eigenvalue weighted by atomic mass is 19.1. The second-order valence-corrected chi connectivity index (χ2v) is 4.02. The molecule has 1 aromatic carbocycles. The minimum absolute atomic E-state index is 0.0426. The van der Waals surface area contributed by atoms with E-state index >= 15 is 0 Å². The Kier molecular flexibility index (Phi) is 4.04. The lowest BCUT2D eigenvalue weighted by Gasteiger charge is -2.15. The number of halogens is 2. The molecule has 0 aliphatic rings. The summed E-state index contributed by atoms with van der Waals surface area (Å²) in [5, 5.41) is 3.10. The Bertz CT molecular complexity index is 477. The average molecular weight is 251 g/mol. The van der Waals surface area contributed by atoms with E-state index in [2.05, 4.69) is 15.3 Å². The summed E-state index contributed by atoms with van der Waals surface area (Å²) in [7, 11) is 0. The van der Waals surface area contributed by atoms with E-state index in [9.17, 15) is 8.78 Å². The van der Waals surface area contributed by atoms with Crippen LogP contribution in [0, 0.1) is 11.6 Å². The topological polar surface area (TPSA) is 40.7 Å². The number of nitrogens with one attached hydrogen (secondary N) is 2. The highest BCUT2D eigenvalue weighted by molar-refractivity contribution is 5.19. The van der Waals surface area contributed by atoms with Crippen molar-refractivity contribution in [2.24, 2.45) is 0 Å². The Hall–Kier alpha value is -1.75. The summed E-state index contributed by atoms with van der Waals surface area (Å²) in [5.41, 5.74) is 0.0579. The molecule has 0 amide bonds. The predicted molar refractivity (Wildman–Crippen MR) is 64.8 cm³/mol. The smallest absolute Gasteiger partial charge is 0.130 e. The molecule has 18 heavy (non-hydrogen) atoms. The normalized spacial score (nSPS) is 12.6. The van der Waals surface area contributed by atoms with E-state index in [1.807, 2.05) is 6.92 Å². The number of hydrogen-bond acceptors (Lipinski definition) is 2. The van der Waals surface area contributed by atoms with Gasteiger partial charge in [-0.1, -0.05) is 13.0 Å². The van der Waals surface area contributed by atoms with Gasteiger partial charge in [0.1, 0.15) is 17.5 Å². The van der Waals surface area contributed by atoms with Crippen molar-refractivity contribution in [2.75, 3.05) is 0 Å². The van der Waals surface area contributed by atoms with Crippen LogP contribution in [0.4, 0.5) is 8.78 Å². The van der Waals surface area contributed by atoms with E-state index in [1.165, 1.54) is 18.2 Å². The molecule has 2 N–H and O–H groups in total. The third-order valence-corrected chi connectivity index (χ3v) is 2.84. The first-order valence-electron chi connectivity index (χ1n) is 5.88. The van der Waals surface area contributed by atoms with Crippen molar-refractivity contribution in [1.29, 1.82) is 0 Å². The Morgan fingerprint density at radius 2 is 2.06 bits per heavy atom. The number of aromatic amines is 1. The van der Waals surface area contributed by atoms with E-state index in [-0.39, 0.29) is 18.2 Å². The molecule has 1 aromatic heterocycles. The van der Waals surface area contributed by atoms with Crippen molar-refractivity contribution in [2.45, 2.75) is 25.9 Å². The van der Waals surface area contributed by atoms with Crippen LogP contribution in [0.15, 0.2) is 30.6 Å². The molecule has 2 aromatic rings. The molecule has 0 aliphatic carbocycles. The van der Waals surface area contributed by atoms with Gasteiger partial charge in [-0.15, -0.1) is 0 Å². The van der Waals surface area contributed by atoms with Crippen LogP contribution in [0.2, 0.25) is 0 Å². The molecule has 1 unspecified atom stereocenters. The van der Waals surface area contributed by atoms with Crippen LogP contribution in [-0.4, -0.2) is 9.97 Å². The lowest BCUT2D eigenvalue weighted by Crippen LogP contribution is -2.22. The molecule has 5 heteroatoms. The zero-order chi connectivity index (χ0) is 13.0. The number of benzene rings is 1. The standard InChI is InChI=1S/C13H15F2N3/c1-2-12(13-16-6-7-17-13)18-8-9-10(14)4-3-5-11(9)15/h3-7,12,18H,2,8H2,1H3,(H,16,17). The molecular formula is C13H15F2N3. The molecule has 0 bridgehead atoms. The van der Waals surface area contributed by atoms with Crippen molar-refractivity contribution < 1.29 is 8.78 Å². The molecule has 96 valence electrons. The van der Waals surface area contributed by atoms with E-state index < -0.39 is 11.6 Å². The molecule has 1 atom stereocenters. The third kappa shape index (κ3) is 2.73. The molecule has 1 heterocycles. The molecular weight excluding hydrogens is 236 g/mol. The van der Waals surface area contributed by atoms with Gasteiger partial charge < -0.3 is 10.3 Å². The van der Waals surface area contributed by atoms with Crippen LogP contribution in [-0.2, 0) is 6.54 Å². The molecule has 0 saturated carbocycles. The minimum Gasteiger partial charge on any atom is -0.347 e. The summed E-state index contributed by atoms with van der Waals surface area (Å²) in [6, 6.07) is 3.83. The summed E-state index contributed by atoms with van der Waals surface area (Å²) >= 11 is 0. The molecule has 0 saturated heterocycles. The number of H-pyrrole nitrogens is 1. The monoisotopic (exact) mass is 251 g/mol.